The molecule has 0 aromatic rings. The Balaban J connectivity index is 4.32. The molecule has 1 atom stereocenters. The average molecular weight is 219 g/mol. The number of nitriles is 1. The van der Waals surface area contributed by atoms with Gasteiger partial charge in [-0.2, -0.15) is 5.26 Å². The van der Waals surface area contributed by atoms with Gasteiger partial charge < -0.3 is 9.05 Å². The predicted octanol–water partition coefficient (Wildman–Crippen LogP) is 2.94. The number of hydrogen-bond donors (Lipinski definition) is 0. The molecule has 5 heteroatoms. The molecule has 0 aliphatic heterocycles. The highest BCUT2D eigenvalue weighted by atomic mass is 31.2. The molecule has 14 heavy (non-hydrogen) atoms. The largest absolute Gasteiger partial charge is 0.333 e. The maximum absolute atomic E-state index is 12.1. The number of rotatable bonds is 7. The predicted molar refractivity (Wildman–Crippen MR) is 55.2 cm³/mol. The Labute approximate surface area is 85.7 Å². The average Bonchev–Trinajstić information content (AvgIpc) is 2.15. The van der Waals surface area contributed by atoms with Crippen LogP contribution in [0, 0.1) is 11.3 Å². The zero-order valence-electron chi connectivity index (χ0n) is 9.02. The van der Waals surface area contributed by atoms with Crippen molar-refractivity contribution in [3.63, 3.8) is 0 Å². The summed E-state index contributed by atoms with van der Waals surface area (Å²) in [4.78, 5) is 0. The minimum absolute atomic E-state index is 0.206. The highest BCUT2D eigenvalue weighted by Gasteiger charge is 2.31. The molecule has 4 nitrogen and oxygen atoms in total. The molecule has 0 aliphatic carbocycles. The van der Waals surface area contributed by atoms with Crippen molar-refractivity contribution in [1.82, 2.24) is 0 Å². The van der Waals surface area contributed by atoms with Gasteiger partial charge in [-0.1, -0.05) is 6.92 Å². The minimum atomic E-state index is -2.99. The van der Waals surface area contributed by atoms with Crippen molar-refractivity contribution in [3.8, 4) is 6.07 Å². The minimum Gasteiger partial charge on any atom is -0.309 e. The van der Waals surface area contributed by atoms with E-state index in [0.717, 1.165) is 0 Å². The normalized spacial score (nSPS) is 13.6. The molecule has 0 heterocycles. The monoisotopic (exact) mass is 219 g/mol. The summed E-state index contributed by atoms with van der Waals surface area (Å²) in [5, 5.41) is 8.42. The van der Waals surface area contributed by atoms with Gasteiger partial charge in [0.05, 0.1) is 24.9 Å². The third-order valence-electron chi connectivity index (χ3n) is 1.83. The molecular weight excluding hydrogens is 201 g/mol. The van der Waals surface area contributed by atoms with Crippen molar-refractivity contribution in [2.24, 2.45) is 0 Å². The Hall–Kier alpha value is -0.360. The van der Waals surface area contributed by atoms with E-state index in [1.54, 1.807) is 20.8 Å². The molecule has 0 aliphatic rings. The zero-order chi connectivity index (χ0) is 11.0. The van der Waals surface area contributed by atoms with Crippen LogP contribution in [0.4, 0.5) is 0 Å². The molecule has 0 fully saturated rings. The van der Waals surface area contributed by atoms with E-state index in [1.165, 1.54) is 0 Å². The van der Waals surface area contributed by atoms with Gasteiger partial charge >= 0.3 is 7.60 Å². The molecule has 0 spiro atoms. The molecule has 0 aromatic heterocycles. The maximum atomic E-state index is 12.1. The lowest BCUT2D eigenvalue weighted by Gasteiger charge is -2.22. The molecule has 0 saturated carbocycles. The van der Waals surface area contributed by atoms with Gasteiger partial charge in [-0.25, -0.2) is 0 Å². The molecular formula is C9H18NO3P. The second-order valence-electron chi connectivity index (χ2n) is 2.92. The molecule has 0 N–H and O–H groups in total. The maximum Gasteiger partial charge on any atom is 0.333 e. The molecule has 82 valence electrons. The van der Waals surface area contributed by atoms with Crippen molar-refractivity contribution in [3.05, 3.63) is 0 Å². The first-order valence-electron chi connectivity index (χ1n) is 4.86. The van der Waals surface area contributed by atoms with E-state index < -0.39 is 7.60 Å². The summed E-state index contributed by atoms with van der Waals surface area (Å²) in [5.74, 6) is 0. The summed E-state index contributed by atoms with van der Waals surface area (Å²) >= 11 is 0. The topological polar surface area (TPSA) is 59.3 Å². The Morgan fingerprint density at radius 2 is 1.86 bits per heavy atom. The summed E-state index contributed by atoms with van der Waals surface area (Å²) in [6.45, 7) is 6.09. The number of hydrogen-bond acceptors (Lipinski definition) is 4. The van der Waals surface area contributed by atoms with Gasteiger partial charge in [-0.3, -0.25) is 4.57 Å². The molecule has 0 radical (unpaired) electrons. The first kappa shape index (κ1) is 13.6. The highest BCUT2D eigenvalue weighted by molar-refractivity contribution is 7.54. The van der Waals surface area contributed by atoms with Crippen molar-refractivity contribution in [1.29, 1.82) is 5.26 Å². The summed E-state index contributed by atoms with van der Waals surface area (Å²) in [5.41, 5.74) is -0.206. The van der Waals surface area contributed by atoms with Crippen LogP contribution in [0.15, 0.2) is 0 Å². The molecule has 1 unspecified atom stereocenters. The molecule has 0 rings (SSSR count). The summed E-state index contributed by atoms with van der Waals surface area (Å²) in [6, 6.07) is 2.02. The van der Waals surface area contributed by atoms with Gasteiger partial charge in [0.15, 0.2) is 0 Å². The highest BCUT2D eigenvalue weighted by Crippen LogP contribution is 2.54. The molecule has 0 bridgehead atoms. The van der Waals surface area contributed by atoms with E-state index in [0.29, 0.717) is 26.1 Å². The second kappa shape index (κ2) is 7.00. The van der Waals surface area contributed by atoms with Crippen LogP contribution < -0.4 is 0 Å². The lowest BCUT2D eigenvalue weighted by Crippen LogP contribution is -2.09. The van der Waals surface area contributed by atoms with Crippen LogP contribution in [0.5, 0.6) is 0 Å². The summed E-state index contributed by atoms with van der Waals surface area (Å²) < 4.78 is 22.4. The fourth-order valence-electron chi connectivity index (χ4n) is 1.08. The SMILES string of the molecule is CCOP(=O)(OCC)C(C)CCC#N. The first-order valence-corrected chi connectivity index (χ1v) is 6.47. The van der Waals surface area contributed by atoms with Gasteiger partial charge in [0.1, 0.15) is 0 Å². The van der Waals surface area contributed by atoms with E-state index in [9.17, 15) is 4.57 Å². The molecule has 0 saturated heterocycles. The quantitative estimate of drug-likeness (QED) is 0.617. The van der Waals surface area contributed by atoms with Crippen LogP contribution in [0.2, 0.25) is 0 Å². The fraction of sp³-hybridized carbons (Fsp3) is 0.889. The fourth-order valence-corrected chi connectivity index (χ4v) is 2.83. The Morgan fingerprint density at radius 1 is 1.36 bits per heavy atom. The third kappa shape index (κ3) is 4.23. The van der Waals surface area contributed by atoms with Crippen molar-refractivity contribution < 1.29 is 13.6 Å². The van der Waals surface area contributed by atoms with Gasteiger partial charge in [0.2, 0.25) is 0 Å². The number of nitrogens with zero attached hydrogens (tertiary/aromatic N) is 1. The van der Waals surface area contributed by atoms with E-state index >= 15 is 0 Å². The van der Waals surface area contributed by atoms with E-state index in [1.807, 2.05) is 6.07 Å². The Kier molecular flexibility index (Phi) is 6.82. The Bertz CT molecular complexity index is 227. The van der Waals surface area contributed by atoms with Gasteiger partial charge in [-0.05, 0) is 20.3 Å². The van der Waals surface area contributed by atoms with Crippen LogP contribution in [0.1, 0.15) is 33.6 Å². The lowest BCUT2D eigenvalue weighted by atomic mass is 10.3. The second-order valence-corrected chi connectivity index (χ2v) is 5.40. The summed E-state index contributed by atoms with van der Waals surface area (Å²) in [6.07, 6.45) is 0.930. The summed E-state index contributed by atoms with van der Waals surface area (Å²) in [7, 11) is -2.99. The zero-order valence-corrected chi connectivity index (χ0v) is 9.92. The molecule has 0 amide bonds. The third-order valence-corrected chi connectivity index (χ3v) is 4.41. The van der Waals surface area contributed by atoms with Crippen molar-refractivity contribution in [2.75, 3.05) is 13.2 Å². The van der Waals surface area contributed by atoms with E-state index in [4.69, 9.17) is 14.3 Å². The van der Waals surface area contributed by atoms with Crippen LogP contribution in [-0.4, -0.2) is 18.9 Å². The lowest BCUT2D eigenvalue weighted by molar-refractivity contribution is 0.212. The Morgan fingerprint density at radius 3 is 2.21 bits per heavy atom. The van der Waals surface area contributed by atoms with Crippen molar-refractivity contribution >= 4 is 7.60 Å². The van der Waals surface area contributed by atoms with E-state index in [2.05, 4.69) is 0 Å². The van der Waals surface area contributed by atoms with Gasteiger partial charge in [-0.15, -0.1) is 0 Å². The van der Waals surface area contributed by atoms with Crippen LogP contribution in [0.3, 0.4) is 0 Å². The van der Waals surface area contributed by atoms with Crippen LogP contribution in [0.25, 0.3) is 0 Å². The molecule has 0 aromatic carbocycles. The van der Waals surface area contributed by atoms with Gasteiger partial charge in [0, 0.05) is 6.42 Å². The van der Waals surface area contributed by atoms with E-state index in [-0.39, 0.29) is 5.66 Å². The van der Waals surface area contributed by atoms with Crippen LogP contribution in [-0.2, 0) is 13.6 Å². The van der Waals surface area contributed by atoms with Crippen molar-refractivity contribution in [2.45, 2.75) is 39.3 Å². The van der Waals surface area contributed by atoms with Gasteiger partial charge in [0.25, 0.3) is 0 Å². The smallest absolute Gasteiger partial charge is 0.309 e. The standard InChI is InChI=1S/C9H18NO3P/c1-4-12-14(11,13-5-2)9(3)7-6-8-10/h9H,4-7H2,1-3H3. The first-order chi connectivity index (χ1) is 6.60. The van der Waals surface area contributed by atoms with Crippen LogP contribution >= 0.6 is 7.60 Å².